The van der Waals surface area contributed by atoms with Gasteiger partial charge in [-0.2, -0.15) is 23.1 Å². The molecule has 2 aromatic heterocycles. The first-order valence-corrected chi connectivity index (χ1v) is 11.5. The Morgan fingerprint density at radius 3 is 2.69 bits per heavy atom. The van der Waals surface area contributed by atoms with Gasteiger partial charge in [0.1, 0.15) is 22.2 Å². The molecule has 1 aliphatic rings. The molecule has 4 rings (SSSR count). The van der Waals surface area contributed by atoms with E-state index < -0.39 is 18.0 Å². The van der Waals surface area contributed by atoms with Gasteiger partial charge in [-0.15, -0.1) is 11.3 Å². The lowest BCUT2D eigenvalue weighted by Crippen LogP contribution is -2.55. The van der Waals surface area contributed by atoms with Gasteiger partial charge >= 0.3 is 18.2 Å². The van der Waals surface area contributed by atoms with Crippen molar-refractivity contribution in [3.8, 4) is 11.8 Å². The van der Waals surface area contributed by atoms with Crippen LogP contribution in [0.15, 0.2) is 30.3 Å². The van der Waals surface area contributed by atoms with Crippen LogP contribution in [0.5, 0.6) is 11.8 Å². The molecule has 1 saturated heterocycles. The molecule has 3 heterocycles. The molecule has 3 N–H and O–H groups in total. The molecule has 0 unspecified atom stereocenters. The number of nitrogens with one attached hydrogen (secondary N) is 2. The first-order chi connectivity index (χ1) is 16.6. The molecule has 9 nitrogen and oxygen atoms in total. The molecule has 1 aliphatic heterocycles. The van der Waals surface area contributed by atoms with E-state index in [9.17, 15) is 23.1 Å². The fraction of sp³-hybridized carbons (Fsp3) is 0.318. The predicted octanol–water partition coefficient (Wildman–Crippen LogP) is 4.77. The maximum absolute atomic E-state index is 13.0. The number of amidine groups is 2. The molecule has 0 bridgehead atoms. The number of carboxylic acid groups (broad SMARTS) is 1. The smallest absolute Gasteiger partial charge is 0.449 e. The summed E-state index contributed by atoms with van der Waals surface area (Å²) in [6.45, 7) is 1.75. The number of anilines is 1. The van der Waals surface area contributed by atoms with Crippen LogP contribution < -0.4 is 9.64 Å². The molecule has 0 atom stereocenters. The van der Waals surface area contributed by atoms with Crippen LogP contribution in [-0.2, 0) is 6.42 Å². The first kappa shape index (κ1) is 24.4. The van der Waals surface area contributed by atoms with Crippen LogP contribution >= 0.6 is 11.3 Å². The first-order valence-electron chi connectivity index (χ1n) is 10.6. The van der Waals surface area contributed by atoms with E-state index in [2.05, 4.69) is 9.97 Å². The van der Waals surface area contributed by atoms with Gasteiger partial charge in [-0.3, -0.25) is 10.8 Å². The number of thiophene rings is 1. The normalized spacial score (nSPS) is 14.5. The molecule has 1 aromatic carbocycles. The minimum atomic E-state index is -4.84. The SMILES string of the molecule is CCCc1cc2c(N3CCN(C(=N)C(F)(F)F)C(=N)C3)nc(Oc3cccc(C(=O)O)c3)nc2s1. The highest BCUT2D eigenvalue weighted by Gasteiger charge is 2.41. The van der Waals surface area contributed by atoms with Crippen LogP contribution in [0.25, 0.3) is 10.2 Å². The molecule has 13 heteroatoms. The standard InChI is InChI=1S/C22H21F3N6O3S/c1-2-4-14-10-15-17(30-7-8-31(16(26)11-30)20(27)22(23,24)25)28-21(29-18(15)35-14)34-13-6-3-5-12(9-13)19(32)33/h3,5-6,9-10,26-27H,2,4,7-8,11H2,1H3,(H,32,33). The zero-order valence-corrected chi connectivity index (χ0v) is 19.3. The van der Waals surface area contributed by atoms with Gasteiger partial charge in [-0.25, -0.2) is 4.79 Å². The Hall–Kier alpha value is -3.74. The van der Waals surface area contributed by atoms with Gasteiger partial charge in [0.25, 0.3) is 0 Å². The van der Waals surface area contributed by atoms with Crippen molar-refractivity contribution in [2.24, 2.45) is 0 Å². The predicted molar refractivity (Wildman–Crippen MR) is 125 cm³/mol. The van der Waals surface area contributed by atoms with Crippen LogP contribution in [0.1, 0.15) is 28.6 Å². The number of aromatic carboxylic acids is 1. The van der Waals surface area contributed by atoms with Gasteiger partial charge in [0.2, 0.25) is 5.84 Å². The lowest BCUT2D eigenvalue weighted by molar-refractivity contribution is -0.0671. The lowest BCUT2D eigenvalue weighted by Gasteiger charge is -2.37. The monoisotopic (exact) mass is 506 g/mol. The number of hydrogen-bond donors (Lipinski definition) is 3. The van der Waals surface area contributed by atoms with E-state index in [1.165, 1.54) is 29.5 Å². The molecule has 1 fully saturated rings. The van der Waals surface area contributed by atoms with E-state index in [4.69, 9.17) is 15.6 Å². The highest BCUT2D eigenvalue weighted by Crippen LogP contribution is 2.35. The molecular weight excluding hydrogens is 485 g/mol. The number of nitrogens with zero attached hydrogens (tertiary/aromatic N) is 4. The third kappa shape index (κ3) is 5.19. The Kier molecular flexibility index (Phi) is 6.61. The Balaban J connectivity index is 1.68. The number of aryl methyl sites for hydroxylation is 1. The van der Waals surface area contributed by atoms with E-state index in [1.807, 2.05) is 13.0 Å². The van der Waals surface area contributed by atoms with Crippen molar-refractivity contribution in [3.05, 3.63) is 40.8 Å². The quantitative estimate of drug-likeness (QED) is 0.325. The summed E-state index contributed by atoms with van der Waals surface area (Å²) in [5, 5.41) is 25.4. The molecule has 0 saturated carbocycles. The summed E-state index contributed by atoms with van der Waals surface area (Å²) >= 11 is 1.44. The Morgan fingerprint density at radius 2 is 2.03 bits per heavy atom. The largest absolute Gasteiger partial charge is 0.478 e. The number of hydrogen-bond acceptors (Lipinski definition) is 8. The van der Waals surface area contributed by atoms with Crippen LogP contribution in [-0.4, -0.2) is 63.4 Å². The highest BCUT2D eigenvalue weighted by molar-refractivity contribution is 7.18. The van der Waals surface area contributed by atoms with Crippen LogP contribution in [0.3, 0.4) is 0 Å². The van der Waals surface area contributed by atoms with Crippen LogP contribution in [0.2, 0.25) is 0 Å². The summed E-state index contributed by atoms with van der Waals surface area (Å²) in [6, 6.07) is 7.74. The van der Waals surface area contributed by atoms with Crippen LogP contribution in [0, 0.1) is 10.8 Å². The second kappa shape index (κ2) is 9.49. The van der Waals surface area contributed by atoms with Crippen molar-refractivity contribution in [1.29, 1.82) is 10.8 Å². The van der Waals surface area contributed by atoms with E-state index in [-0.39, 0.29) is 42.8 Å². The van der Waals surface area contributed by atoms with E-state index in [0.717, 1.165) is 17.7 Å². The summed E-state index contributed by atoms with van der Waals surface area (Å²) in [5.41, 5.74) is 0.0295. The fourth-order valence-corrected chi connectivity index (χ4v) is 4.79. The number of fused-ring (bicyclic) bond motifs is 1. The topological polar surface area (TPSA) is 126 Å². The van der Waals surface area contributed by atoms with Crippen LogP contribution in [0.4, 0.5) is 19.0 Å². The zero-order valence-electron chi connectivity index (χ0n) is 18.5. The third-order valence-corrected chi connectivity index (χ3v) is 6.38. The van der Waals surface area contributed by atoms with Crippen molar-refractivity contribution in [3.63, 3.8) is 0 Å². The molecule has 0 radical (unpaired) electrons. The number of piperazine rings is 1. The number of carboxylic acids is 1. The maximum Gasteiger partial charge on any atom is 0.449 e. The zero-order chi connectivity index (χ0) is 25.3. The number of ether oxygens (including phenoxy) is 1. The number of aromatic nitrogens is 2. The molecule has 184 valence electrons. The second-order valence-corrected chi connectivity index (χ2v) is 8.93. The molecule has 35 heavy (non-hydrogen) atoms. The fourth-order valence-electron chi connectivity index (χ4n) is 3.67. The van der Waals surface area contributed by atoms with Gasteiger partial charge in [0.05, 0.1) is 17.5 Å². The maximum atomic E-state index is 13.0. The van der Waals surface area contributed by atoms with Gasteiger partial charge in [0.15, 0.2) is 0 Å². The summed E-state index contributed by atoms with van der Waals surface area (Å²) in [5.74, 6) is -2.43. The lowest BCUT2D eigenvalue weighted by atomic mass is 10.2. The van der Waals surface area contributed by atoms with Crippen molar-refractivity contribution in [2.75, 3.05) is 24.5 Å². The minimum Gasteiger partial charge on any atom is -0.478 e. The Morgan fingerprint density at radius 1 is 1.26 bits per heavy atom. The average Bonchev–Trinajstić information content (AvgIpc) is 3.20. The van der Waals surface area contributed by atoms with Crippen molar-refractivity contribution in [1.82, 2.24) is 14.9 Å². The number of carbonyl (C=O) groups is 1. The molecule has 3 aromatic rings. The van der Waals surface area contributed by atoms with E-state index >= 15 is 0 Å². The number of alkyl halides is 3. The summed E-state index contributed by atoms with van der Waals surface area (Å²) < 4.78 is 44.8. The molecular formula is C22H21F3N6O3S. The molecule has 0 spiro atoms. The third-order valence-electron chi connectivity index (χ3n) is 5.29. The summed E-state index contributed by atoms with van der Waals surface area (Å²) in [4.78, 5) is 24.2. The molecule has 0 amide bonds. The van der Waals surface area contributed by atoms with Gasteiger partial charge in [-0.05, 0) is 30.7 Å². The van der Waals surface area contributed by atoms with Crippen molar-refractivity contribution >= 4 is 45.0 Å². The van der Waals surface area contributed by atoms with Crippen molar-refractivity contribution in [2.45, 2.75) is 25.9 Å². The highest BCUT2D eigenvalue weighted by atomic mass is 32.1. The second-order valence-electron chi connectivity index (χ2n) is 7.81. The molecule has 0 aliphatic carbocycles. The number of halogens is 3. The average molecular weight is 507 g/mol. The van der Waals surface area contributed by atoms with E-state index in [0.29, 0.717) is 20.9 Å². The minimum absolute atomic E-state index is 0.0295. The summed E-state index contributed by atoms with van der Waals surface area (Å²) in [7, 11) is 0. The van der Waals surface area contributed by atoms with E-state index in [1.54, 1.807) is 11.0 Å². The van der Waals surface area contributed by atoms with Crippen molar-refractivity contribution < 1.29 is 27.8 Å². The number of benzene rings is 1. The Bertz CT molecular complexity index is 1310. The Labute approximate surface area is 201 Å². The van der Waals surface area contributed by atoms with Gasteiger partial charge < -0.3 is 19.6 Å². The van der Waals surface area contributed by atoms with Gasteiger partial charge in [-0.1, -0.05) is 19.4 Å². The number of rotatable bonds is 6. The summed E-state index contributed by atoms with van der Waals surface area (Å²) in [6.07, 6.45) is -3.13. The van der Waals surface area contributed by atoms with Gasteiger partial charge in [0, 0.05) is 18.0 Å².